The molecule has 1 amide bonds. The highest BCUT2D eigenvalue weighted by Crippen LogP contribution is 2.39. The Bertz CT molecular complexity index is 944. The van der Waals surface area contributed by atoms with Crippen LogP contribution in [0.25, 0.3) is 11.5 Å². The van der Waals surface area contributed by atoms with Crippen molar-refractivity contribution >= 4 is 11.7 Å². The van der Waals surface area contributed by atoms with Crippen LogP contribution in [0, 0.1) is 5.92 Å². The monoisotopic (exact) mass is 424 g/mol. The van der Waals surface area contributed by atoms with Gasteiger partial charge in [-0.2, -0.15) is 18.3 Å². The van der Waals surface area contributed by atoms with Crippen LogP contribution in [0.2, 0.25) is 0 Å². The molecule has 3 heterocycles. The summed E-state index contributed by atoms with van der Waals surface area (Å²) < 4.78 is 46.1. The molecular weight excluding hydrogens is 401 g/mol. The molecular formula is C19H23F3N6O2. The van der Waals surface area contributed by atoms with Crippen molar-refractivity contribution < 1.29 is 22.4 Å². The molecule has 0 radical (unpaired) electrons. The molecule has 11 heteroatoms. The van der Waals surface area contributed by atoms with Crippen molar-refractivity contribution in [2.45, 2.75) is 49.7 Å². The van der Waals surface area contributed by atoms with Crippen molar-refractivity contribution in [3.05, 3.63) is 24.7 Å². The Morgan fingerprint density at radius 3 is 2.67 bits per heavy atom. The molecule has 2 fully saturated rings. The molecule has 1 atom stereocenters. The first-order valence-corrected chi connectivity index (χ1v) is 9.86. The summed E-state index contributed by atoms with van der Waals surface area (Å²) in [7, 11) is 1.72. The van der Waals surface area contributed by atoms with E-state index < -0.39 is 17.5 Å². The van der Waals surface area contributed by atoms with Crippen LogP contribution in [0.1, 0.15) is 38.0 Å². The normalized spacial score (nSPS) is 27.1. The van der Waals surface area contributed by atoms with Gasteiger partial charge in [0.15, 0.2) is 5.82 Å². The van der Waals surface area contributed by atoms with Gasteiger partial charge in [0.05, 0.1) is 5.92 Å². The largest absolute Gasteiger partial charge is 0.419 e. The van der Waals surface area contributed by atoms with E-state index in [0.29, 0.717) is 37.2 Å². The fourth-order valence-corrected chi connectivity index (χ4v) is 4.15. The van der Waals surface area contributed by atoms with Crippen LogP contribution < -0.4 is 10.6 Å². The Morgan fingerprint density at radius 2 is 2.07 bits per heavy atom. The number of alkyl halides is 3. The molecule has 0 bridgehead atoms. The highest BCUT2D eigenvalue weighted by atomic mass is 19.4. The molecule has 0 spiro atoms. The Kier molecular flexibility index (Phi) is 5.07. The summed E-state index contributed by atoms with van der Waals surface area (Å²) in [4.78, 5) is 12.3. The van der Waals surface area contributed by atoms with Gasteiger partial charge in [0.1, 0.15) is 11.0 Å². The molecule has 1 aliphatic heterocycles. The Balaban J connectivity index is 1.53. The number of carbonyl (C=O) groups excluding carboxylic acids is 1. The third kappa shape index (κ3) is 3.56. The smallest absolute Gasteiger partial charge is 0.391 e. The van der Waals surface area contributed by atoms with Gasteiger partial charge in [0.2, 0.25) is 11.8 Å². The fourth-order valence-electron chi connectivity index (χ4n) is 4.15. The van der Waals surface area contributed by atoms with E-state index in [0.717, 1.165) is 0 Å². The predicted octanol–water partition coefficient (Wildman–Crippen LogP) is 2.95. The third-order valence-electron chi connectivity index (χ3n) is 5.96. The maximum atomic E-state index is 12.9. The average molecular weight is 424 g/mol. The van der Waals surface area contributed by atoms with Gasteiger partial charge >= 0.3 is 6.18 Å². The molecule has 2 aliphatic rings. The topological polar surface area (TPSA) is 97.9 Å². The van der Waals surface area contributed by atoms with Crippen LogP contribution in [-0.4, -0.2) is 44.6 Å². The minimum absolute atomic E-state index is 0.0883. The number of hydrogen-bond donors (Lipinski definition) is 2. The standard InChI is InChI=1S/C19H23F3N6O2/c1-3-18(8-9-23-16(18)29)17-26-25-15(30-17)13-10-28(2)27-14(13)24-12-6-4-11(5-7-12)19(20,21)22/h3,10-12H,1,4-9H2,2H3,(H,23,29)(H,24,27). The zero-order chi connectivity index (χ0) is 21.5. The molecule has 2 aromatic rings. The number of aryl methyl sites for hydroxylation is 1. The van der Waals surface area contributed by atoms with E-state index in [1.807, 2.05) is 0 Å². The van der Waals surface area contributed by atoms with E-state index >= 15 is 0 Å². The summed E-state index contributed by atoms with van der Waals surface area (Å²) >= 11 is 0. The van der Waals surface area contributed by atoms with Gasteiger partial charge < -0.3 is 15.1 Å². The van der Waals surface area contributed by atoms with Crippen LogP contribution in [0.3, 0.4) is 0 Å². The first kappa shape index (κ1) is 20.4. The van der Waals surface area contributed by atoms with E-state index in [-0.39, 0.29) is 36.6 Å². The van der Waals surface area contributed by atoms with Crippen LogP contribution >= 0.6 is 0 Å². The minimum atomic E-state index is -4.14. The number of nitrogens with one attached hydrogen (secondary N) is 2. The zero-order valence-corrected chi connectivity index (χ0v) is 16.5. The number of rotatable bonds is 5. The number of halogens is 3. The summed E-state index contributed by atoms with van der Waals surface area (Å²) in [5.74, 6) is -0.677. The molecule has 2 aromatic heterocycles. The first-order chi connectivity index (χ1) is 14.2. The molecule has 1 saturated carbocycles. The Labute approximate surface area is 170 Å². The van der Waals surface area contributed by atoms with Crippen LogP contribution in [0.4, 0.5) is 19.0 Å². The van der Waals surface area contributed by atoms with E-state index in [4.69, 9.17) is 4.42 Å². The highest BCUT2D eigenvalue weighted by Gasteiger charge is 2.46. The predicted molar refractivity (Wildman–Crippen MR) is 101 cm³/mol. The summed E-state index contributed by atoms with van der Waals surface area (Å²) in [6.07, 6.45) is 0.497. The number of nitrogens with zero attached hydrogens (tertiary/aromatic N) is 4. The van der Waals surface area contributed by atoms with Gasteiger partial charge in [-0.3, -0.25) is 9.48 Å². The highest BCUT2D eigenvalue weighted by molar-refractivity contribution is 5.91. The van der Waals surface area contributed by atoms with E-state index in [1.54, 1.807) is 17.9 Å². The second kappa shape index (κ2) is 7.44. The zero-order valence-electron chi connectivity index (χ0n) is 16.5. The lowest BCUT2D eigenvalue weighted by Crippen LogP contribution is -2.33. The molecule has 8 nitrogen and oxygen atoms in total. The summed E-state index contributed by atoms with van der Waals surface area (Å²) in [5, 5.41) is 18.5. The van der Waals surface area contributed by atoms with Crippen molar-refractivity contribution in [3.8, 4) is 11.5 Å². The molecule has 1 unspecified atom stereocenters. The molecule has 0 aromatic carbocycles. The van der Waals surface area contributed by atoms with Crippen molar-refractivity contribution in [3.63, 3.8) is 0 Å². The number of carbonyl (C=O) groups is 1. The van der Waals surface area contributed by atoms with Gasteiger partial charge in [-0.25, -0.2) is 0 Å². The van der Waals surface area contributed by atoms with Gasteiger partial charge in [-0.05, 0) is 32.1 Å². The van der Waals surface area contributed by atoms with E-state index in [9.17, 15) is 18.0 Å². The van der Waals surface area contributed by atoms with E-state index in [2.05, 4.69) is 32.5 Å². The van der Waals surface area contributed by atoms with Crippen LogP contribution in [-0.2, 0) is 17.3 Å². The van der Waals surface area contributed by atoms with Crippen LogP contribution in [0.5, 0.6) is 0 Å². The second-order valence-corrected chi connectivity index (χ2v) is 7.89. The molecule has 162 valence electrons. The third-order valence-corrected chi connectivity index (χ3v) is 5.96. The van der Waals surface area contributed by atoms with Crippen LogP contribution in [0.15, 0.2) is 23.3 Å². The van der Waals surface area contributed by atoms with Crippen molar-refractivity contribution in [1.82, 2.24) is 25.3 Å². The molecule has 2 N–H and O–H groups in total. The number of hydrogen-bond acceptors (Lipinski definition) is 6. The summed E-state index contributed by atoms with van der Waals surface area (Å²) in [6, 6.07) is -0.125. The lowest BCUT2D eigenvalue weighted by molar-refractivity contribution is -0.182. The molecule has 4 rings (SSSR count). The van der Waals surface area contributed by atoms with E-state index in [1.165, 1.54) is 6.08 Å². The average Bonchev–Trinajstić information content (AvgIpc) is 3.40. The maximum Gasteiger partial charge on any atom is 0.391 e. The maximum absolute atomic E-state index is 12.9. The van der Waals surface area contributed by atoms with Gasteiger partial charge in [-0.1, -0.05) is 6.08 Å². The van der Waals surface area contributed by atoms with Gasteiger partial charge in [0, 0.05) is 25.8 Å². The second-order valence-electron chi connectivity index (χ2n) is 7.89. The van der Waals surface area contributed by atoms with Crippen molar-refractivity contribution in [2.75, 3.05) is 11.9 Å². The molecule has 1 aliphatic carbocycles. The fraction of sp³-hybridized carbons (Fsp3) is 0.579. The van der Waals surface area contributed by atoms with Gasteiger partial charge in [0.25, 0.3) is 5.89 Å². The lowest BCUT2D eigenvalue weighted by atomic mass is 9.85. The quantitative estimate of drug-likeness (QED) is 0.717. The minimum Gasteiger partial charge on any atom is -0.419 e. The van der Waals surface area contributed by atoms with Gasteiger partial charge in [-0.15, -0.1) is 16.8 Å². The lowest BCUT2D eigenvalue weighted by Gasteiger charge is -2.30. The number of anilines is 1. The Morgan fingerprint density at radius 1 is 1.33 bits per heavy atom. The molecule has 30 heavy (non-hydrogen) atoms. The molecule has 1 saturated heterocycles. The first-order valence-electron chi connectivity index (χ1n) is 9.86. The van der Waals surface area contributed by atoms with Crippen molar-refractivity contribution in [2.24, 2.45) is 13.0 Å². The Hall–Kier alpha value is -2.85. The van der Waals surface area contributed by atoms with Crippen molar-refractivity contribution in [1.29, 1.82) is 0 Å². The number of aromatic nitrogens is 4. The number of amides is 1. The SMILES string of the molecule is C=CC1(c2nnc(-c3cn(C)nc3NC3CCC(C(F)(F)F)CC3)o2)CCNC1=O. The summed E-state index contributed by atoms with van der Waals surface area (Å²) in [6.45, 7) is 4.24. The summed E-state index contributed by atoms with van der Waals surface area (Å²) in [5.41, 5.74) is -0.524.